The van der Waals surface area contributed by atoms with E-state index in [9.17, 15) is 9.18 Å². The second-order valence-electron chi connectivity index (χ2n) is 6.55. The lowest BCUT2D eigenvalue weighted by Crippen LogP contribution is -2.41. The summed E-state index contributed by atoms with van der Waals surface area (Å²) < 4.78 is 18.8. The third kappa shape index (κ3) is 3.97. The molecule has 27 heavy (non-hydrogen) atoms. The van der Waals surface area contributed by atoms with Crippen LogP contribution in [-0.2, 0) is 0 Å². The lowest BCUT2D eigenvalue weighted by atomic mass is 9.98. The van der Waals surface area contributed by atoms with Crippen LogP contribution in [0.3, 0.4) is 0 Å². The van der Waals surface area contributed by atoms with Gasteiger partial charge in [0.05, 0.1) is 5.92 Å². The van der Waals surface area contributed by atoms with Crippen LogP contribution >= 0.6 is 0 Å². The molecular formula is C20H19FN4O2. The average Bonchev–Trinajstić information content (AvgIpc) is 3.19. The molecule has 0 saturated carbocycles. The molecule has 0 unspecified atom stereocenters. The van der Waals surface area contributed by atoms with Crippen molar-refractivity contribution in [3.05, 3.63) is 66.3 Å². The number of amides is 2. The van der Waals surface area contributed by atoms with Gasteiger partial charge in [-0.2, -0.15) is 4.98 Å². The fraction of sp³-hybridized carbons (Fsp3) is 0.250. The van der Waals surface area contributed by atoms with E-state index >= 15 is 0 Å². The molecule has 0 bridgehead atoms. The van der Waals surface area contributed by atoms with Crippen molar-refractivity contribution in [3.8, 4) is 11.4 Å². The summed E-state index contributed by atoms with van der Waals surface area (Å²) in [6.45, 7) is 1.18. The van der Waals surface area contributed by atoms with Crippen molar-refractivity contribution in [2.45, 2.75) is 18.8 Å². The van der Waals surface area contributed by atoms with Gasteiger partial charge in [-0.25, -0.2) is 9.18 Å². The average molecular weight is 366 g/mol. The summed E-state index contributed by atoms with van der Waals surface area (Å²) in [7, 11) is 0. The van der Waals surface area contributed by atoms with Gasteiger partial charge in [0, 0.05) is 24.3 Å². The standard InChI is InChI=1S/C20H19FN4O2/c21-16-8-4-6-14(12-16)18-23-19(27-24-18)15-7-5-11-25(13-15)20(26)22-17-9-2-1-3-10-17/h1-4,6,8-10,12,15H,5,7,11,13H2,(H,22,26)/t15-/m0/s1. The molecule has 1 saturated heterocycles. The minimum Gasteiger partial charge on any atom is -0.339 e. The predicted molar refractivity (Wildman–Crippen MR) is 98.7 cm³/mol. The molecule has 4 rings (SSSR count). The Hall–Kier alpha value is -3.22. The molecule has 2 amide bonds. The Morgan fingerprint density at radius 1 is 1.19 bits per heavy atom. The molecule has 1 aromatic heterocycles. The molecule has 0 radical (unpaired) electrons. The van der Waals surface area contributed by atoms with E-state index < -0.39 is 0 Å². The first-order valence-corrected chi connectivity index (χ1v) is 8.89. The summed E-state index contributed by atoms with van der Waals surface area (Å²) in [4.78, 5) is 18.7. The van der Waals surface area contributed by atoms with E-state index in [0.29, 0.717) is 30.4 Å². The van der Waals surface area contributed by atoms with Crippen molar-refractivity contribution in [3.63, 3.8) is 0 Å². The number of hydrogen-bond donors (Lipinski definition) is 1. The summed E-state index contributed by atoms with van der Waals surface area (Å²) in [5.41, 5.74) is 1.33. The largest absolute Gasteiger partial charge is 0.339 e. The number of aromatic nitrogens is 2. The lowest BCUT2D eigenvalue weighted by molar-refractivity contribution is 0.184. The molecule has 3 aromatic rings. The Kier molecular flexibility index (Phi) is 4.82. The van der Waals surface area contributed by atoms with Gasteiger partial charge in [0.1, 0.15) is 5.82 Å². The fourth-order valence-corrected chi connectivity index (χ4v) is 3.23. The highest BCUT2D eigenvalue weighted by Gasteiger charge is 2.28. The van der Waals surface area contributed by atoms with Crippen LogP contribution in [0, 0.1) is 5.82 Å². The van der Waals surface area contributed by atoms with Crippen LogP contribution in [0.1, 0.15) is 24.7 Å². The maximum atomic E-state index is 13.4. The smallest absolute Gasteiger partial charge is 0.321 e. The van der Waals surface area contributed by atoms with Crippen LogP contribution in [0.25, 0.3) is 11.4 Å². The predicted octanol–water partition coefficient (Wildman–Crippen LogP) is 4.29. The molecule has 2 aromatic carbocycles. The van der Waals surface area contributed by atoms with E-state index in [1.165, 1.54) is 12.1 Å². The molecule has 1 fully saturated rings. The number of benzene rings is 2. The SMILES string of the molecule is O=C(Nc1ccccc1)N1CCC[C@H](c2nc(-c3cccc(F)c3)no2)C1. The minimum atomic E-state index is -0.347. The number of para-hydroxylation sites is 1. The van der Waals surface area contributed by atoms with Crippen molar-refractivity contribution in [1.29, 1.82) is 0 Å². The molecule has 1 atom stereocenters. The number of anilines is 1. The second-order valence-corrected chi connectivity index (χ2v) is 6.55. The number of rotatable bonds is 3. The number of nitrogens with one attached hydrogen (secondary N) is 1. The normalized spacial score (nSPS) is 16.9. The number of carbonyl (C=O) groups excluding carboxylic acids is 1. The Morgan fingerprint density at radius 3 is 2.85 bits per heavy atom. The van der Waals surface area contributed by atoms with E-state index in [1.54, 1.807) is 17.0 Å². The van der Waals surface area contributed by atoms with E-state index in [0.717, 1.165) is 18.5 Å². The number of halogens is 1. The van der Waals surface area contributed by atoms with Gasteiger partial charge < -0.3 is 14.7 Å². The van der Waals surface area contributed by atoms with Crippen LogP contribution in [0.15, 0.2) is 59.1 Å². The van der Waals surface area contributed by atoms with Gasteiger partial charge in [0.2, 0.25) is 11.7 Å². The lowest BCUT2D eigenvalue weighted by Gasteiger charge is -2.31. The van der Waals surface area contributed by atoms with Gasteiger partial charge in [-0.15, -0.1) is 0 Å². The van der Waals surface area contributed by atoms with Crippen molar-refractivity contribution >= 4 is 11.7 Å². The van der Waals surface area contributed by atoms with Crippen LogP contribution in [0.4, 0.5) is 14.9 Å². The highest BCUT2D eigenvalue weighted by atomic mass is 19.1. The highest BCUT2D eigenvalue weighted by Crippen LogP contribution is 2.28. The first-order chi connectivity index (χ1) is 13.2. The minimum absolute atomic E-state index is 0.0323. The first-order valence-electron chi connectivity index (χ1n) is 8.89. The first kappa shape index (κ1) is 17.2. The molecular weight excluding hydrogens is 347 g/mol. The zero-order chi connectivity index (χ0) is 18.6. The number of hydrogen-bond acceptors (Lipinski definition) is 4. The number of urea groups is 1. The summed E-state index contributed by atoms with van der Waals surface area (Å²) in [5.74, 6) is 0.456. The van der Waals surface area contributed by atoms with E-state index in [1.807, 2.05) is 30.3 Å². The second kappa shape index (κ2) is 7.57. The number of nitrogens with zero attached hydrogens (tertiary/aromatic N) is 3. The zero-order valence-electron chi connectivity index (χ0n) is 14.6. The summed E-state index contributed by atoms with van der Waals surface area (Å²) in [6, 6.07) is 15.3. The van der Waals surface area contributed by atoms with Crippen molar-refractivity contribution in [2.75, 3.05) is 18.4 Å². The summed E-state index contributed by atoms with van der Waals surface area (Å²) in [6.07, 6.45) is 1.71. The van der Waals surface area contributed by atoms with Crippen LogP contribution in [0.5, 0.6) is 0 Å². The molecule has 6 nitrogen and oxygen atoms in total. The Bertz CT molecular complexity index is 928. The van der Waals surface area contributed by atoms with Crippen LogP contribution in [0.2, 0.25) is 0 Å². The van der Waals surface area contributed by atoms with Gasteiger partial charge in [0.25, 0.3) is 0 Å². The quantitative estimate of drug-likeness (QED) is 0.751. The van der Waals surface area contributed by atoms with E-state index in [2.05, 4.69) is 15.5 Å². The van der Waals surface area contributed by atoms with E-state index in [-0.39, 0.29) is 17.8 Å². The number of piperidine rings is 1. The van der Waals surface area contributed by atoms with E-state index in [4.69, 9.17) is 4.52 Å². The zero-order valence-corrected chi connectivity index (χ0v) is 14.6. The van der Waals surface area contributed by atoms with Gasteiger partial charge in [-0.1, -0.05) is 35.5 Å². The molecule has 2 heterocycles. The van der Waals surface area contributed by atoms with Gasteiger partial charge in [-0.3, -0.25) is 0 Å². The Balaban J connectivity index is 1.45. The van der Waals surface area contributed by atoms with Gasteiger partial charge >= 0.3 is 6.03 Å². The number of carbonyl (C=O) groups is 1. The Morgan fingerprint density at radius 2 is 2.04 bits per heavy atom. The molecule has 0 spiro atoms. The van der Waals surface area contributed by atoms with Crippen LogP contribution in [-0.4, -0.2) is 34.2 Å². The van der Waals surface area contributed by atoms with Crippen molar-refractivity contribution in [1.82, 2.24) is 15.0 Å². The Labute approximate surface area is 156 Å². The third-order valence-corrected chi connectivity index (χ3v) is 4.61. The molecule has 138 valence electrons. The summed E-state index contributed by atoms with van der Waals surface area (Å²) >= 11 is 0. The molecule has 7 heteroatoms. The summed E-state index contributed by atoms with van der Waals surface area (Å²) in [5, 5.41) is 6.87. The molecule has 1 aliphatic rings. The molecule has 1 aliphatic heterocycles. The topological polar surface area (TPSA) is 71.3 Å². The maximum absolute atomic E-state index is 13.4. The fourth-order valence-electron chi connectivity index (χ4n) is 3.23. The highest BCUT2D eigenvalue weighted by molar-refractivity contribution is 5.89. The molecule has 1 N–H and O–H groups in total. The third-order valence-electron chi connectivity index (χ3n) is 4.61. The number of likely N-dealkylation sites (tertiary alicyclic amines) is 1. The molecule has 0 aliphatic carbocycles. The maximum Gasteiger partial charge on any atom is 0.321 e. The monoisotopic (exact) mass is 366 g/mol. The van der Waals surface area contributed by atoms with Gasteiger partial charge in [0.15, 0.2) is 0 Å². The van der Waals surface area contributed by atoms with Crippen molar-refractivity contribution < 1.29 is 13.7 Å². The van der Waals surface area contributed by atoms with Crippen LogP contribution < -0.4 is 5.32 Å². The van der Waals surface area contributed by atoms with Gasteiger partial charge in [-0.05, 0) is 37.1 Å². The van der Waals surface area contributed by atoms with Crippen molar-refractivity contribution in [2.24, 2.45) is 0 Å².